The molecular formula is C21H22F3NO2. The predicted octanol–water partition coefficient (Wildman–Crippen LogP) is 5.24. The summed E-state index contributed by atoms with van der Waals surface area (Å²) in [6.45, 7) is 2.11. The van der Waals surface area contributed by atoms with Crippen molar-refractivity contribution in [1.29, 1.82) is 0 Å². The number of benzene rings is 1. The normalized spacial score (nSPS) is 16.4. The number of aromatic hydroxyl groups is 1. The number of aromatic nitrogens is 1. The number of fused-ring (bicyclic) bond motifs is 1. The van der Waals surface area contributed by atoms with Gasteiger partial charge in [0.2, 0.25) is 5.95 Å². The van der Waals surface area contributed by atoms with Gasteiger partial charge in [-0.1, -0.05) is 32.3 Å². The third-order valence-corrected chi connectivity index (χ3v) is 5.16. The van der Waals surface area contributed by atoms with Crippen LogP contribution in [-0.2, 0) is 12.8 Å². The van der Waals surface area contributed by atoms with E-state index in [0.29, 0.717) is 12.0 Å². The van der Waals surface area contributed by atoms with Crippen molar-refractivity contribution in [3.05, 3.63) is 58.2 Å². The van der Waals surface area contributed by atoms with Gasteiger partial charge in [-0.25, -0.2) is 13.8 Å². The number of Topliss-reactive ketones (excluding diaryl/α,β-unsaturated/α-hetero) is 1. The van der Waals surface area contributed by atoms with Crippen LogP contribution in [0.5, 0.6) is 5.75 Å². The zero-order valence-electron chi connectivity index (χ0n) is 15.2. The number of ketones is 1. The molecular weight excluding hydrogens is 355 g/mol. The molecule has 1 atom stereocenters. The van der Waals surface area contributed by atoms with E-state index in [1.807, 2.05) is 0 Å². The molecule has 3 nitrogen and oxygen atoms in total. The van der Waals surface area contributed by atoms with Gasteiger partial charge in [0.1, 0.15) is 0 Å². The fourth-order valence-corrected chi connectivity index (χ4v) is 3.60. The average Bonchev–Trinajstić information content (AvgIpc) is 2.65. The maximum atomic E-state index is 14.3. The molecule has 0 aliphatic heterocycles. The van der Waals surface area contributed by atoms with Crippen molar-refractivity contribution in [1.82, 2.24) is 4.98 Å². The van der Waals surface area contributed by atoms with Crippen LogP contribution >= 0.6 is 0 Å². The number of carbonyl (C=O) groups excluding carboxylic acids is 1. The monoisotopic (exact) mass is 377 g/mol. The van der Waals surface area contributed by atoms with Crippen LogP contribution in [0, 0.1) is 17.6 Å². The summed E-state index contributed by atoms with van der Waals surface area (Å²) in [5.74, 6) is -5.19. The molecule has 144 valence electrons. The second kappa shape index (κ2) is 8.11. The van der Waals surface area contributed by atoms with E-state index >= 15 is 0 Å². The van der Waals surface area contributed by atoms with Crippen LogP contribution in [0.3, 0.4) is 0 Å². The molecule has 27 heavy (non-hydrogen) atoms. The molecule has 6 heteroatoms. The Balaban J connectivity index is 1.82. The highest BCUT2D eigenvalue weighted by Crippen LogP contribution is 2.37. The summed E-state index contributed by atoms with van der Waals surface area (Å²) in [4.78, 5) is 16.7. The highest BCUT2D eigenvalue weighted by molar-refractivity contribution is 6.03. The van der Waals surface area contributed by atoms with Crippen LogP contribution < -0.4 is 0 Å². The van der Waals surface area contributed by atoms with Gasteiger partial charge in [-0.3, -0.25) is 4.79 Å². The Morgan fingerprint density at radius 3 is 2.67 bits per heavy atom. The van der Waals surface area contributed by atoms with E-state index in [1.165, 1.54) is 0 Å². The van der Waals surface area contributed by atoms with Crippen LogP contribution in [-0.4, -0.2) is 15.9 Å². The second-order valence-electron chi connectivity index (χ2n) is 7.00. The number of hydrogen-bond donors (Lipinski definition) is 1. The fourth-order valence-electron chi connectivity index (χ4n) is 3.60. The van der Waals surface area contributed by atoms with Crippen molar-refractivity contribution < 1.29 is 23.1 Å². The van der Waals surface area contributed by atoms with E-state index < -0.39 is 35.0 Å². The summed E-state index contributed by atoms with van der Waals surface area (Å²) >= 11 is 0. The lowest BCUT2D eigenvalue weighted by Gasteiger charge is -2.24. The average molecular weight is 377 g/mol. The van der Waals surface area contributed by atoms with E-state index in [0.717, 1.165) is 31.7 Å². The quantitative estimate of drug-likeness (QED) is 0.553. The molecule has 0 saturated carbocycles. The minimum absolute atomic E-state index is 0.00293. The summed E-state index contributed by atoms with van der Waals surface area (Å²) < 4.78 is 42.0. The first-order valence-electron chi connectivity index (χ1n) is 9.33. The van der Waals surface area contributed by atoms with Crippen molar-refractivity contribution in [3.63, 3.8) is 0 Å². The molecule has 1 heterocycles. The largest absolute Gasteiger partial charge is 0.503 e. The van der Waals surface area contributed by atoms with E-state index in [9.17, 15) is 23.1 Å². The standard InChI is InChI=1S/C21H22F3NO2/c1-2-3-4-5-6-12-7-10-17(25-21(12)24)14-9-8-13-15(19(14)26)11-16(22)20(27)18(13)23/h7,10-11,14,27H,2-6,8-9H2,1H3. The highest BCUT2D eigenvalue weighted by Gasteiger charge is 2.33. The van der Waals surface area contributed by atoms with Crippen molar-refractivity contribution in [2.75, 3.05) is 0 Å². The minimum atomic E-state index is -1.18. The summed E-state index contributed by atoms with van der Waals surface area (Å²) in [7, 11) is 0. The molecule has 1 unspecified atom stereocenters. The van der Waals surface area contributed by atoms with Crippen molar-refractivity contribution in [2.24, 2.45) is 0 Å². The molecule has 2 aromatic rings. The van der Waals surface area contributed by atoms with E-state index in [1.54, 1.807) is 12.1 Å². The van der Waals surface area contributed by atoms with Gasteiger partial charge < -0.3 is 5.11 Å². The number of halogens is 3. The summed E-state index contributed by atoms with van der Waals surface area (Å²) in [5, 5.41) is 9.38. The zero-order valence-corrected chi connectivity index (χ0v) is 15.2. The molecule has 1 aromatic carbocycles. The molecule has 0 radical (unpaired) electrons. The first kappa shape index (κ1) is 19.4. The second-order valence-corrected chi connectivity index (χ2v) is 7.00. The van der Waals surface area contributed by atoms with Crippen LogP contribution in [0.25, 0.3) is 0 Å². The summed E-state index contributed by atoms with van der Waals surface area (Å²) in [6.07, 6.45) is 5.08. The minimum Gasteiger partial charge on any atom is -0.503 e. The van der Waals surface area contributed by atoms with E-state index in [-0.39, 0.29) is 29.7 Å². The van der Waals surface area contributed by atoms with Gasteiger partial charge in [-0.05, 0) is 37.8 Å². The van der Waals surface area contributed by atoms with Gasteiger partial charge in [-0.2, -0.15) is 4.39 Å². The van der Waals surface area contributed by atoms with Crippen molar-refractivity contribution in [2.45, 2.75) is 57.8 Å². The molecule has 1 aliphatic carbocycles. The number of pyridine rings is 1. The Kier molecular flexibility index (Phi) is 5.82. The SMILES string of the molecule is CCCCCCc1ccc(C2CCc3c(cc(F)c(O)c3F)C2=O)nc1F. The molecule has 0 saturated heterocycles. The maximum Gasteiger partial charge on any atom is 0.216 e. The lowest BCUT2D eigenvalue weighted by Crippen LogP contribution is -2.23. The number of hydrogen-bond acceptors (Lipinski definition) is 3. The Bertz CT molecular complexity index is 867. The Morgan fingerprint density at radius 2 is 1.96 bits per heavy atom. The Labute approximate surface area is 156 Å². The van der Waals surface area contributed by atoms with E-state index in [2.05, 4.69) is 11.9 Å². The molecule has 0 fully saturated rings. The lowest BCUT2D eigenvalue weighted by molar-refractivity contribution is 0.0942. The maximum absolute atomic E-state index is 14.3. The highest BCUT2D eigenvalue weighted by atomic mass is 19.1. The lowest BCUT2D eigenvalue weighted by atomic mass is 9.80. The molecule has 0 spiro atoms. The number of phenols is 1. The molecule has 0 amide bonds. The molecule has 1 aliphatic rings. The van der Waals surface area contributed by atoms with Gasteiger partial charge in [0.15, 0.2) is 23.2 Å². The number of unbranched alkanes of at least 4 members (excludes halogenated alkanes) is 3. The van der Waals surface area contributed by atoms with Crippen LogP contribution in [0.2, 0.25) is 0 Å². The molecule has 3 rings (SSSR count). The van der Waals surface area contributed by atoms with Crippen LogP contribution in [0.4, 0.5) is 13.2 Å². The smallest absolute Gasteiger partial charge is 0.216 e. The first-order valence-corrected chi connectivity index (χ1v) is 9.33. The number of nitrogens with zero attached hydrogens (tertiary/aromatic N) is 1. The predicted molar refractivity (Wildman–Crippen MR) is 95.5 cm³/mol. The van der Waals surface area contributed by atoms with Gasteiger partial charge in [0.05, 0.1) is 11.6 Å². The fraction of sp³-hybridized carbons (Fsp3) is 0.429. The van der Waals surface area contributed by atoms with Crippen LogP contribution in [0.1, 0.15) is 72.1 Å². The third-order valence-electron chi connectivity index (χ3n) is 5.16. The number of phenolic OH excluding ortho intramolecular Hbond substituents is 1. The van der Waals surface area contributed by atoms with Crippen molar-refractivity contribution >= 4 is 5.78 Å². The number of rotatable bonds is 6. The zero-order chi connectivity index (χ0) is 19.6. The van der Waals surface area contributed by atoms with Gasteiger partial charge in [0, 0.05) is 16.7 Å². The third kappa shape index (κ3) is 3.84. The summed E-state index contributed by atoms with van der Waals surface area (Å²) in [6, 6.07) is 4.12. The topological polar surface area (TPSA) is 50.2 Å². The molecule has 1 aromatic heterocycles. The molecule has 1 N–H and O–H groups in total. The van der Waals surface area contributed by atoms with E-state index in [4.69, 9.17) is 0 Å². The Hall–Kier alpha value is -2.37. The number of carbonyl (C=O) groups is 1. The summed E-state index contributed by atoms with van der Waals surface area (Å²) in [5.41, 5.74) is 0.683. The van der Waals surface area contributed by atoms with Gasteiger partial charge in [0.25, 0.3) is 0 Å². The van der Waals surface area contributed by atoms with Crippen molar-refractivity contribution in [3.8, 4) is 5.75 Å². The molecule has 0 bridgehead atoms. The first-order chi connectivity index (χ1) is 12.9. The Morgan fingerprint density at radius 1 is 1.19 bits per heavy atom. The van der Waals surface area contributed by atoms with Crippen LogP contribution in [0.15, 0.2) is 18.2 Å². The van der Waals surface area contributed by atoms with Gasteiger partial charge in [-0.15, -0.1) is 0 Å². The van der Waals surface area contributed by atoms with Gasteiger partial charge >= 0.3 is 0 Å². The number of aryl methyl sites for hydroxylation is 1.